The highest BCUT2D eigenvalue weighted by Crippen LogP contribution is 2.26. The van der Waals surface area contributed by atoms with Crippen molar-refractivity contribution in [2.45, 2.75) is 6.54 Å². The third-order valence-electron chi connectivity index (χ3n) is 3.74. The fourth-order valence-electron chi connectivity index (χ4n) is 2.46. The maximum atomic E-state index is 12.5. The Hall–Kier alpha value is -2.47. The third kappa shape index (κ3) is 4.54. The SMILES string of the molecule is COc1ccccc1OCC(=O)N1CCSC1=NCc1ccccc1. The van der Waals surface area contributed by atoms with E-state index in [2.05, 4.69) is 4.99 Å². The number of carbonyl (C=O) groups excluding carboxylic acids is 1. The molecule has 1 heterocycles. The maximum absolute atomic E-state index is 12.5. The fraction of sp³-hybridized carbons (Fsp3) is 0.263. The van der Waals surface area contributed by atoms with Gasteiger partial charge in [-0.1, -0.05) is 54.2 Å². The molecule has 1 amide bonds. The number of benzene rings is 2. The summed E-state index contributed by atoms with van der Waals surface area (Å²) in [5.74, 6) is 1.94. The average molecular weight is 356 g/mol. The van der Waals surface area contributed by atoms with Gasteiger partial charge in [-0.3, -0.25) is 14.7 Å². The monoisotopic (exact) mass is 356 g/mol. The number of para-hydroxylation sites is 2. The minimum atomic E-state index is -0.0947. The Morgan fingerprint density at radius 3 is 2.60 bits per heavy atom. The predicted molar refractivity (Wildman–Crippen MR) is 100 cm³/mol. The highest BCUT2D eigenvalue weighted by atomic mass is 32.2. The van der Waals surface area contributed by atoms with Crippen molar-refractivity contribution >= 4 is 22.8 Å². The summed E-state index contributed by atoms with van der Waals surface area (Å²) >= 11 is 1.60. The number of methoxy groups -OCH3 is 1. The summed E-state index contributed by atoms with van der Waals surface area (Å²) in [6, 6.07) is 17.3. The quantitative estimate of drug-likeness (QED) is 0.798. The van der Waals surface area contributed by atoms with Crippen LogP contribution in [0, 0.1) is 0 Å². The largest absolute Gasteiger partial charge is 0.493 e. The number of hydrogen-bond acceptors (Lipinski definition) is 5. The standard InChI is InChI=1S/C19H20N2O3S/c1-23-16-9-5-6-10-17(16)24-14-18(22)21-11-12-25-19(21)20-13-15-7-3-2-4-8-15/h2-10H,11-14H2,1H3. The predicted octanol–water partition coefficient (Wildman–Crippen LogP) is 3.21. The van der Waals surface area contributed by atoms with Gasteiger partial charge in [0, 0.05) is 12.3 Å². The second-order valence-corrected chi connectivity index (χ2v) is 6.48. The molecule has 0 bridgehead atoms. The zero-order chi connectivity index (χ0) is 17.5. The molecule has 1 fully saturated rings. The van der Waals surface area contributed by atoms with Crippen LogP contribution in [-0.2, 0) is 11.3 Å². The van der Waals surface area contributed by atoms with E-state index in [9.17, 15) is 4.79 Å². The number of ether oxygens (including phenoxy) is 2. The Morgan fingerprint density at radius 1 is 1.12 bits per heavy atom. The summed E-state index contributed by atoms with van der Waals surface area (Å²) in [6.45, 7) is 1.19. The Balaban J connectivity index is 1.61. The molecule has 3 rings (SSSR count). The number of rotatable bonds is 6. The van der Waals surface area contributed by atoms with Gasteiger partial charge < -0.3 is 9.47 Å². The molecule has 0 unspecified atom stereocenters. The van der Waals surface area contributed by atoms with Crippen molar-refractivity contribution in [3.05, 3.63) is 60.2 Å². The minimum absolute atomic E-state index is 0.0364. The molecule has 2 aromatic carbocycles. The van der Waals surface area contributed by atoms with Gasteiger partial charge in [0.15, 0.2) is 23.3 Å². The lowest BCUT2D eigenvalue weighted by atomic mass is 10.2. The average Bonchev–Trinajstić information content (AvgIpc) is 3.14. The van der Waals surface area contributed by atoms with Gasteiger partial charge in [-0.15, -0.1) is 0 Å². The minimum Gasteiger partial charge on any atom is -0.493 e. The molecule has 1 aliphatic rings. The highest BCUT2D eigenvalue weighted by Gasteiger charge is 2.26. The number of hydrogen-bond donors (Lipinski definition) is 0. The summed E-state index contributed by atoms with van der Waals surface area (Å²) < 4.78 is 10.9. The van der Waals surface area contributed by atoms with E-state index in [1.165, 1.54) is 0 Å². The molecule has 1 saturated heterocycles. The lowest BCUT2D eigenvalue weighted by Gasteiger charge is -2.17. The van der Waals surface area contributed by atoms with Crippen LogP contribution in [0.25, 0.3) is 0 Å². The van der Waals surface area contributed by atoms with Crippen LogP contribution < -0.4 is 9.47 Å². The van der Waals surface area contributed by atoms with E-state index in [0.717, 1.165) is 16.5 Å². The van der Waals surface area contributed by atoms with Crippen molar-refractivity contribution in [3.8, 4) is 11.5 Å². The Morgan fingerprint density at radius 2 is 1.84 bits per heavy atom. The molecule has 25 heavy (non-hydrogen) atoms. The number of carbonyl (C=O) groups is 1. The van der Waals surface area contributed by atoms with Crippen molar-refractivity contribution in [2.24, 2.45) is 4.99 Å². The van der Waals surface area contributed by atoms with Gasteiger partial charge in [0.25, 0.3) is 5.91 Å². The first kappa shape index (κ1) is 17.4. The van der Waals surface area contributed by atoms with Crippen molar-refractivity contribution in [2.75, 3.05) is 26.0 Å². The van der Waals surface area contributed by atoms with Crippen LogP contribution in [0.3, 0.4) is 0 Å². The molecule has 0 spiro atoms. The van der Waals surface area contributed by atoms with Gasteiger partial charge in [-0.05, 0) is 17.7 Å². The molecule has 0 N–H and O–H groups in total. The molecule has 6 heteroatoms. The van der Waals surface area contributed by atoms with Crippen molar-refractivity contribution in [1.82, 2.24) is 4.90 Å². The normalized spacial score (nSPS) is 15.4. The van der Waals surface area contributed by atoms with Crippen LogP contribution in [0.1, 0.15) is 5.56 Å². The van der Waals surface area contributed by atoms with E-state index >= 15 is 0 Å². The second-order valence-electron chi connectivity index (χ2n) is 5.42. The van der Waals surface area contributed by atoms with Crippen molar-refractivity contribution < 1.29 is 14.3 Å². The number of amides is 1. The first-order valence-electron chi connectivity index (χ1n) is 8.05. The smallest absolute Gasteiger partial charge is 0.266 e. The first-order chi connectivity index (χ1) is 12.3. The molecular formula is C19H20N2O3S. The van der Waals surface area contributed by atoms with Crippen molar-refractivity contribution in [1.29, 1.82) is 0 Å². The number of amidine groups is 1. The molecule has 0 saturated carbocycles. The molecule has 0 radical (unpaired) electrons. The molecule has 0 atom stereocenters. The van der Waals surface area contributed by atoms with Gasteiger partial charge in [0.2, 0.25) is 0 Å². The Labute approximate surface area is 151 Å². The maximum Gasteiger partial charge on any atom is 0.266 e. The van der Waals surface area contributed by atoms with Gasteiger partial charge in [0.1, 0.15) is 0 Å². The highest BCUT2D eigenvalue weighted by molar-refractivity contribution is 8.14. The Bertz CT molecular complexity index is 749. The van der Waals surface area contributed by atoms with E-state index in [0.29, 0.717) is 24.6 Å². The topological polar surface area (TPSA) is 51.1 Å². The van der Waals surface area contributed by atoms with Crippen LogP contribution in [-0.4, -0.2) is 42.0 Å². The summed E-state index contributed by atoms with van der Waals surface area (Å²) in [6.07, 6.45) is 0. The molecule has 1 aliphatic heterocycles. The van der Waals surface area contributed by atoms with Gasteiger partial charge in [-0.2, -0.15) is 0 Å². The molecule has 5 nitrogen and oxygen atoms in total. The zero-order valence-electron chi connectivity index (χ0n) is 14.1. The van der Waals surface area contributed by atoms with Crippen LogP contribution in [0.5, 0.6) is 11.5 Å². The molecule has 2 aromatic rings. The van der Waals surface area contributed by atoms with Crippen LogP contribution in [0.15, 0.2) is 59.6 Å². The zero-order valence-corrected chi connectivity index (χ0v) is 14.9. The van der Waals surface area contributed by atoms with E-state index in [4.69, 9.17) is 9.47 Å². The summed E-state index contributed by atoms with van der Waals surface area (Å²) in [4.78, 5) is 18.8. The number of thioether (sulfide) groups is 1. The summed E-state index contributed by atoms with van der Waals surface area (Å²) in [5, 5.41) is 0.762. The van der Waals surface area contributed by atoms with Gasteiger partial charge in [0.05, 0.1) is 13.7 Å². The third-order valence-corrected chi connectivity index (χ3v) is 4.73. The summed E-state index contributed by atoms with van der Waals surface area (Å²) in [5.41, 5.74) is 1.13. The second kappa shape index (κ2) is 8.58. The van der Waals surface area contributed by atoms with E-state index < -0.39 is 0 Å². The fourth-order valence-corrected chi connectivity index (χ4v) is 3.42. The van der Waals surface area contributed by atoms with E-state index in [1.54, 1.807) is 35.9 Å². The van der Waals surface area contributed by atoms with Crippen LogP contribution in [0.2, 0.25) is 0 Å². The first-order valence-corrected chi connectivity index (χ1v) is 9.04. The van der Waals surface area contributed by atoms with Gasteiger partial charge in [-0.25, -0.2) is 0 Å². The number of nitrogens with zero attached hydrogens (tertiary/aromatic N) is 2. The lowest BCUT2D eigenvalue weighted by molar-refractivity contribution is -0.129. The molecule has 0 aromatic heterocycles. The van der Waals surface area contributed by atoms with E-state index in [-0.39, 0.29) is 12.5 Å². The van der Waals surface area contributed by atoms with Crippen LogP contribution >= 0.6 is 11.8 Å². The number of aliphatic imine (C=N–C) groups is 1. The van der Waals surface area contributed by atoms with Crippen LogP contribution in [0.4, 0.5) is 0 Å². The molecular weight excluding hydrogens is 336 g/mol. The molecule has 0 aliphatic carbocycles. The Kier molecular flexibility index (Phi) is 5.95. The van der Waals surface area contributed by atoms with E-state index in [1.807, 2.05) is 42.5 Å². The molecule has 130 valence electrons. The van der Waals surface area contributed by atoms with Crippen molar-refractivity contribution in [3.63, 3.8) is 0 Å². The lowest BCUT2D eigenvalue weighted by Crippen LogP contribution is -2.35. The van der Waals surface area contributed by atoms with Gasteiger partial charge >= 0.3 is 0 Å². The summed E-state index contributed by atoms with van der Waals surface area (Å²) in [7, 11) is 1.58.